The zero-order chi connectivity index (χ0) is 48.0. The fourth-order valence-electron chi connectivity index (χ4n) is 11.3. The van der Waals surface area contributed by atoms with Crippen LogP contribution in [0.4, 0.5) is 0 Å². The maximum Gasteiger partial charge on any atom is 0.312 e. The summed E-state index contributed by atoms with van der Waals surface area (Å²) in [6, 6.07) is 0. The first-order valence-corrected chi connectivity index (χ1v) is 31.8. The van der Waals surface area contributed by atoms with Crippen LogP contribution in [0, 0.1) is 11.3 Å². The molecule has 0 N–H and O–H groups in total. The van der Waals surface area contributed by atoms with Crippen LogP contribution in [-0.4, -0.2) is 12.6 Å². The van der Waals surface area contributed by atoms with Gasteiger partial charge in [-0.25, -0.2) is 0 Å². The molecular weight excluding hydrogens is 801 g/mol. The summed E-state index contributed by atoms with van der Waals surface area (Å²) in [5.41, 5.74) is -0.281. The fourth-order valence-corrected chi connectivity index (χ4v) is 11.3. The molecule has 396 valence electrons. The maximum absolute atomic E-state index is 15.1. The van der Waals surface area contributed by atoms with Crippen molar-refractivity contribution in [3.8, 4) is 0 Å². The molecule has 0 rings (SSSR count). The van der Waals surface area contributed by atoms with Crippen LogP contribution >= 0.6 is 0 Å². The molecule has 2 nitrogen and oxygen atoms in total. The van der Waals surface area contributed by atoms with Gasteiger partial charge in [0.1, 0.15) is 0 Å². The molecule has 0 aromatic heterocycles. The van der Waals surface area contributed by atoms with E-state index in [0.29, 0.717) is 12.5 Å². The minimum Gasteiger partial charge on any atom is -0.465 e. The SMILES string of the molecule is CCCCCCCCCCCCCC(CCCCCCCCCCCC)C(CCCCCCCCCCCC)(CCCCCCCCCCCC)C(=O)OCCCCCCCCCCCC. The quantitative estimate of drug-likeness (QED) is 0.0449. The Morgan fingerprint density at radius 1 is 0.273 bits per heavy atom. The lowest BCUT2D eigenvalue weighted by molar-refractivity contribution is -0.162. The molecular formula is C64H128O2. The molecule has 0 bridgehead atoms. The highest BCUT2D eigenvalue weighted by atomic mass is 16.5. The molecule has 0 spiro atoms. The van der Waals surface area contributed by atoms with Crippen molar-refractivity contribution in [2.45, 2.75) is 388 Å². The highest BCUT2D eigenvalue weighted by molar-refractivity contribution is 5.77. The van der Waals surface area contributed by atoms with Gasteiger partial charge in [-0.1, -0.05) is 356 Å². The third-order valence-electron chi connectivity index (χ3n) is 15.9. The Hall–Kier alpha value is -0.530. The molecule has 1 unspecified atom stereocenters. The second-order valence-electron chi connectivity index (χ2n) is 22.3. The van der Waals surface area contributed by atoms with Crippen LogP contribution in [0.3, 0.4) is 0 Å². The molecule has 2 heteroatoms. The third kappa shape index (κ3) is 43.5. The van der Waals surface area contributed by atoms with Gasteiger partial charge in [-0.05, 0) is 38.0 Å². The van der Waals surface area contributed by atoms with Gasteiger partial charge in [-0.3, -0.25) is 4.79 Å². The summed E-state index contributed by atoms with van der Waals surface area (Å²) in [5.74, 6) is 0.730. The number of hydrogen-bond donors (Lipinski definition) is 0. The molecule has 0 amide bonds. The van der Waals surface area contributed by atoms with Crippen LogP contribution in [-0.2, 0) is 9.53 Å². The molecule has 0 heterocycles. The van der Waals surface area contributed by atoms with Gasteiger partial charge in [-0.2, -0.15) is 0 Å². The van der Waals surface area contributed by atoms with Crippen LogP contribution in [0.25, 0.3) is 0 Å². The zero-order valence-corrected chi connectivity index (χ0v) is 47.0. The first kappa shape index (κ1) is 65.5. The van der Waals surface area contributed by atoms with Gasteiger partial charge < -0.3 is 4.74 Å². The van der Waals surface area contributed by atoms with E-state index >= 15 is 4.79 Å². The Labute approximate surface area is 419 Å². The Bertz CT molecular complexity index is 871. The van der Waals surface area contributed by atoms with Crippen LogP contribution in [0.15, 0.2) is 0 Å². The minimum atomic E-state index is -0.281. The van der Waals surface area contributed by atoms with Crippen molar-refractivity contribution in [3.63, 3.8) is 0 Å². The van der Waals surface area contributed by atoms with E-state index in [9.17, 15) is 0 Å². The smallest absolute Gasteiger partial charge is 0.312 e. The van der Waals surface area contributed by atoms with E-state index in [2.05, 4.69) is 34.6 Å². The molecule has 0 radical (unpaired) electrons. The number of hydrogen-bond acceptors (Lipinski definition) is 2. The van der Waals surface area contributed by atoms with E-state index in [1.807, 2.05) is 0 Å². The van der Waals surface area contributed by atoms with Gasteiger partial charge in [0.05, 0.1) is 12.0 Å². The molecule has 0 saturated carbocycles. The van der Waals surface area contributed by atoms with Gasteiger partial charge >= 0.3 is 5.97 Å². The first-order chi connectivity index (χ1) is 32.6. The lowest BCUT2D eigenvalue weighted by Gasteiger charge is -2.40. The molecule has 0 saturated heterocycles. The monoisotopic (exact) mass is 929 g/mol. The minimum absolute atomic E-state index is 0.241. The van der Waals surface area contributed by atoms with Crippen LogP contribution < -0.4 is 0 Å². The molecule has 1 atom stereocenters. The van der Waals surface area contributed by atoms with Crippen molar-refractivity contribution < 1.29 is 9.53 Å². The Morgan fingerprint density at radius 2 is 0.470 bits per heavy atom. The summed E-state index contributed by atoms with van der Waals surface area (Å²) in [6.07, 6.45) is 74.3. The van der Waals surface area contributed by atoms with Gasteiger partial charge in [0.15, 0.2) is 0 Å². The molecule has 0 aliphatic carbocycles. The van der Waals surface area contributed by atoms with Crippen molar-refractivity contribution in [1.29, 1.82) is 0 Å². The van der Waals surface area contributed by atoms with E-state index in [1.165, 1.54) is 334 Å². The molecule has 0 aliphatic heterocycles. The van der Waals surface area contributed by atoms with Gasteiger partial charge in [0, 0.05) is 0 Å². The van der Waals surface area contributed by atoms with Crippen molar-refractivity contribution in [3.05, 3.63) is 0 Å². The highest BCUT2D eigenvalue weighted by Crippen LogP contribution is 2.46. The standard InChI is InChI=1S/C64H128O2/c1-6-11-16-21-26-31-36-38-43-48-53-58-62(57-52-47-42-37-32-27-22-17-12-7-2)64(59-54-49-44-39-33-28-23-18-13-8-3,60-55-50-45-40-34-29-24-19-14-9-4)63(65)66-61-56-51-46-41-35-30-25-20-15-10-5/h62H,6-61H2,1-5H3. The van der Waals surface area contributed by atoms with E-state index in [4.69, 9.17) is 4.74 Å². The normalized spacial score (nSPS) is 12.4. The van der Waals surface area contributed by atoms with E-state index in [1.54, 1.807) is 0 Å². The predicted octanol–water partition coefficient (Wildman–Crippen LogP) is 23.7. The third-order valence-corrected chi connectivity index (χ3v) is 15.9. The average Bonchev–Trinajstić information content (AvgIpc) is 3.32. The topological polar surface area (TPSA) is 26.3 Å². The maximum atomic E-state index is 15.1. The van der Waals surface area contributed by atoms with Crippen molar-refractivity contribution in [1.82, 2.24) is 0 Å². The van der Waals surface area contributed by atoms with Crippen molar-refractivity contribution in [2.75, 3.05) is 6.61 Å². The predicted molar refractivity (Wildman–Crippen MR) is 299 cm³/mol. The largest absolute Gasteiger partial charge is 0.465 e. The van der Waals surface area contributed by atoms with Crippen molar-refractivity contribution in [2.24, 2.45) is 11.3 Å². The Morgan fingerprint density at radius 3 is 0.712 bits per heavy atom. The van der Waals surface area contributed by atoms with E-state index in [0.717, 1.165) is 19.3 Å². The van der Waals surface area contributed by atoms with E-state index in [-0.39, 0.29) is 11.4 Å². The molecule has 0 aliphatic rings. The number of carbonyl (C=O) groups is 1. The fraction of sp³-hybridized carbons (Fsp3) is 0.984. The first-order valence-electron chi connectivity index (χ1n) is 31.8. The summed E-state index contributed by atoms with van der Waals surface area (Å²) in [7, 11) is 0. The summed E-state index contributed by atoms with van der Waals surface area (Å²) in [5, 5.41) is 0. The number of rotatable bonds is 58. The van der Waals surface area contributed by atoms with Gasteiger partial charge in [0.25, 0.3) is 0 Å². The van der Waals surface area contributed by atoms with Gasteiger partial charge in [0.2, 0.25) is 0 Å². The number of ether oxygens (including phenoxy) is 1. The van der Waals surface area contributed by atoms with Gasteiger partial charge in [-0.15, -0.1) is 0 Å². The number of carbonyl (C=O) groups excluding carboxylic acids is 1. The molecule has 0 aromatic carbocycles. The van der Waals surface area contributed by atoms with Crippen LogP contribution in [0.5, 0.6) is 0 Å². The molecule has 0 aromatic rings. The number of esters is 1. The summed E-state index contributed by atoms with van der Waals surface area (Å²) < 4.78 is 6.61. The lowest BCUT2D eigenvalue weighted by atomic mass is 9.65. The molecule has 0 fully saturated rings. The van der Waals surface area contributed by atoms with Crippen LogP contribution in [0.1, 0.15) is 388 Å². The highest BCUT2D eigenvalue weighted by Gasteiger charge is 2.45. The summed E-state index contributed by atoms with van der Waals surface area (Å²) in [6.45, 7) is 12.3. The summed E-state index contributed by atoms with van der Waals surface area (Å²) in [4.78, 5) is 15.1. The lowest BCUT2D eigenvalue weighted by Crippen LogP contribution is -2.41. The zero-order valence-electron chi connectivity index (χ0n) is 47.0. The average molecular weight is 930 g/mol. The second kappa shape index (κ2) is 55.4. The van der Waals surface area contributed by atoms with E-state index < -0.39 is 0 Å². The number of unbranched alkanes of at least 4 members (excludes halogenated alkanes) is 46. The Balaban J connectivity index is 5.97. The molecule has 66 heavy (non-hydrogen) atoms. The summed E-state index contributed by atoms with van der Waals surface area (Å²) >= 11 is 0. The van der Waals surface area contributed by atoms with Crippen molar-refractivity contribution >= 4 is 5.97 Å². The Kier molecular flexibility index (Phi) is 55.0. The van der Waals surface area contributed by atoms with Crippen LogP contribution in [0.2, 0.25) is 0 Å². The second-order valence-corrected chi connectivity index (χ2v) is 22.3.